The predicted molar refractivity (Wildman–Crippen MR) is 68.5 cm³/mol. The molecule has 0 fully saturated rings. The van der Waals surface area contributed by atoms with Gasteiger partial charge in [-0.05, 0) is 17.7 Å². The van der Waals surface area contributed by atoms with Crippen molar-refractivity contribution in [3.05, 3.63) is 51.8 Å². The maximum absolute atomic E-state index is 11.0. The first-order valence-electron chi connectivity index (χ1n) is 5.69. The van der Waals surface area contributed by atoms with E-state index < -0.39 is 4.92 Å². The Balaban J connectivity index is 2.17. The van der Waals surface area contributed by atoms with Gasteiger partial charge in [0.25, 0.3) is 0 Å². The van der Waals surface area contributed by atoms with Crippen LogP contribution in [0.2, 0.25) is 0 Å². The normalized spacial score (nSPS) is 10.4. The quantitative estimate of drug-likeness (QED) is 0.648. The number of aromatic nitrogens is 2. The summed E-state index contributed by atoms with van der Waals surface area (Å²) in [6.45, 7) is 0.436. The average molecular weight is 262 g/mol. The fourth-order valence-electron chi connectivity index (χ4n) is 1.65. The van der Waals surface area contributed by atoms with Crippen LogP contribution in [0.4, 0.5) is 5.69 Å². The van der Waals surface area contributed by atoms with E-state index in [0.29, 0.717) is 11.3 Å². The highest BCUT2D eigenvalue weighted by atomic mass is 16.6. The van der Waals surface area contributed by atoms with Crippen molar-refractivity contribution in [1.29, 1.82) is 0 Å². The topological polar surface area (TPSA) is 96.2 Å². The minimum atomic E-state index is -0.479. The lowest BCUT2D eigenvalue weighted by atomic mass is 10.2. The van der Waals surface area contributed by atoms with Crippen molar-refractivity contribution in [2.24, 2.45) is 12.8 Å². The number of benzene rings is 1. The number of rotatable bonds is 5. The van der Waals surface area contributed by atoms with E-state index in [1.54, 1.807) is 36.1 Å². The van der Waals surface area contributed by atoms with Crippen LogP contribution >= 0.6 is 0 Å². The Morgan fingerprint density at radius 2 is 2.26 bits per heavy atom. The third kappa shape index (κ3) is 3.08. The Bertz CT molecular complexity index is 594. The third-order valence-electron chi connectivity index (χ3n) is 2.60. The summed E-state index contributed by atoms with van der Waals surface area (Å²) in [6, 6.07) is 6.48. The van der Waals surface area contributed by atoms with Gasteiger partial charge < -0.3 is 10.5 Å². The molecule has 2 N–H and O–H groups in total. The van der Waals surface area contributed by atoms with E-state index in [9.17, 15) is 10.1 Å². The minimum Gasteiger partial charge on any atom is -0.480 e. The molecule has 0 radical (unpaired) electrons. The van der Waals surface area contributed by atoms with Crippen molar-refractivity contribution in [2.75, 3.05) is 0 Å². The van der Waals surface area contributed by atoms with Crippen LogP contribution in [0.15, 0.2) is 30.5 Å². The number of nitrogens with two attached hydrogens (primary N) is 1. The summed E-state index contributed by atoms with van der Waals surface area (Å²) in [7, 11) is 1.79. The number of nitro groups is 1. The average Bonchev–Trinajstić information content (AvgIpc) is 2.82. The lowest BCUT2D eigenvalue weighted by Crippen LogP contribution is -2.02. The Morgan fingerprint density at radius 3 is 2.84 bits per heavy atom. The van der Waals surface area contributed by atoms with Gasteiger partial charge in [-0.3, -0.25) is 14.8 Å². The third-order valence-corrected chi connectivity index (χ3v) is 2.60. The molecule has 7 heteroatoms. The standard InChI is InChI=1S/C12H14N4O3/c1-15-5-4-10(14-15)8-19-12-3-2-9(7-13)6-11(12)16(17)18/h2-6H,7-8,13H2,1H3. The minimum absolute atomic E-state index is 0.0844. The smallest absolute Gasteiger partial charge is 0.311 e. The summed E-state index contributed by atoms with van der Waals surface area (Å²) in [5.74, 6) is 0.216. The van der Waals surface area contributed by atoms with Gasteiger partial charge in [0.2, 0.25) is 0 Å². The first kappa shape index (κ1) is 13.0. The van der Waals surface area contributed by atoms with Crippen LogP contribution in [-0.2, 0) is 20.2 Å². The summed E-state index contributed by atoms with van der Waals surface area (Å²) in [4.78, 5) is 10.5. The fourth-order valence-corrected chi connectivity index (χ4v) is 1.65. The highest BCUT2D eigenvalue weighted by molar-refractivity contribution is 5.48. The first-order chi connectivity index (χ1) is 9.10. The molecular weight excluding hydrogens is 248 g/mol. The maximum Gasteiger partial charge on any atom is 0.311 e. The zero-order valence-electron chi connectivity index (χ0n) is 10.4. The summed E-state index contributed by atoms with van der Waals surface area (Å²) in [5.41, 5.74) is 6.78. The van der Waals surface area contributed by atoms with E-state index in [2.05, 4.69) is 5.10 Å². The van der Waals surface area contributed by atoms with Crippen molar-refractivity contribution in [2.45, 2.75) is 13.2 Å². The number of aryl methyl sites for hydroxylation is 1. The van der Waals surface area contributed by atoms with Crippen LogP contribution in [0, 0.1) is 10.1 Å². The molecule has 1 aromatic heterocycles. The number of ether oxygens (including phenoxy) is 1. The molecule has 0 aliphatic carbocycles. The fraction of sp³-hybridized carbons (Fsp3) is 0.250. The van der Waals surface area contributed by atoms with Gasteiger partial charge in [0.15, 0.2) is 5.75 Å². The summed E-state index contributed by atoms with van der Waals surface area (Å²) < 4.78 is 7.08. The van der Waals surface area contributed by atoms with Gasteiger partial charge in [-0.2, -0.15) is 5.10 Å². The molecule has 0 saturated carbocycles. The maximum atomic E-state index is 11.0. The SMILES string of the molecule is Cn1ccc(COc2ccc(CN)cc2[N+](=O)[O-])n1. The zero-order chi connectivity index (χ0) is 13.8. The molecule has 0 saturated heterocycles. The molecule has 0 atom stereocenters. The number of nitro benzene ring substituents is 1. The van der Waals surface area contributed by atoms with Crippen LogP contribution in [0.5, 0.6) is 5.75 Å². The number of hydrogen-bond acceptors (Lipinski definition) is 5. The predicted octanol–water partition coefficient (Wildman–Crippen LogP) is 1.37. The molecule has 1 heterocycles. The molecule has 100 valence electrons. The van der Waals surface area contributed by atoms with Crippen LogP contribution in [-0.4, -0.2) is 14.7 Å². The lowest BCUT2D eigenvalue weighted by Gasteiger charge is -2.06. The monoisotopic (exact) mass is 262 g/mol. The van der Waals surface area contributed by atoms with E-state index in [1.165, 1.54) is 6.07 Å². The van der Waals surface area contributed by atoms with Crippen molar-refractivity contribution in [3.63, 3.8) is 0 Å². The Morgan fingerprint density at radius 1 is 1.47 bits per heavy atom. The van der Waals surface area contributed by atoms with Crippen molar-refractivity contribution in [1.82, 2.24) is 9.78 Å². The summed E-state index contributed by atoms with van der Waals surface area (Å²) >= 11 is 0. The lowest BCUT2D eigenvalue weighted by molar-refractivity contribution is -0.386. The summed E-state index contributed by atoms with van der Waals surface area (Å²) in [6.07, 6.45) is 1.78. The largest absolute Gasteiger partial charge is 0.480 e. The molecule has 1 aromatic carbocycles. The van der Waals surface area contributed by atoms with Gasteiger partial charge in [0.05, 0.1) is 10.6 Å². The summed E-state index contributed by atoms with van der Waals surface area (Å²) in [5, 5.41) is 15.1. The van der Waals surface area contributed by atoms with E-state index in [-0.39, 0.29) is 24.6 Å². The Labute approximate surface area is 109 Å². The molecule has 2 aromatic rings. The van der Waals surface area contributed by atoms with E-state index in [1.807, 2.05) is 0 Å². The molecular formula is C12H14N4O3. The van der Waals surface area contributed by atoms with E-state index in [4.69, 9.17) is 10.5 Å². The van der Waals surface area contributed by atoms with Crippen LogP contribution in [0.1, 0.15) is 11.3 Å². The van der Waals surface area contributed by atoms with Gasteiger partial charge >= 0.3 is 5.69 Å². The van der Waals surface area contributed by atoms with Crippen LogP contribution < -0.4 is 10.5 Å². The second kappa shape index (κ2) is 5.49. The Kier molecular flexibility index (Phi) is 3.76. The van der Waals surface area contributed by atoms with E-state index in [0.717, 1.165) is 0 Å². The number of nitrogens with zero attached hydrogens (tertiary/aromatic N) is 3. The second-order valence-electron chi connectivity index (χ2n) is 4.03. The first-order valence-corrected chi connectivity index (χ1v) is 5.69. The molecule has 7 nitrogen and oxygen atoms in total. The molecule has 0 bridgehead atoms. The van der Waals surface area contributed by atoms with Gasteiger partial charge in [-0.25, -0.2) is 0 Å². The molecule has 0 unspecified atom stereocenters. The van der Waals surface area contributed by atoms with Gasteiger partial charge in [0.1, 0.15) is 6.61 Å². The highest BCUT2D eigenvalue weighted by Gasteiger charge is 2.16. The van der Waals surface area contributed by atoms with Gasteiger partial charge in [0, 0.05) is 25.9 Å². The second-order valence-corrected chi connectivity index (χ2v) is 4.03. The van der Waals surface area contributed by atoms with Crippen LogP contribution in [0.25, 0.3) is 0 Å². The molecule has 0 amide bonds. The zero-order valence-corrected chi connectivity index (χ0v) is 10.4. The Hall–Kier alpha value is -2.41. The van der Waals surface area contributed by atoms with E-state index >= 15 is 0 Å². The highest BCUT2D eigenvalue weighted by Crippen LogP contribution is 2.28. The molecule has 0 aliphatic rings. The van der Waals surface area contributed by atoms with Crippen molar-refractivity contribution in [3.8, 4) is 5.75 Å². The van der Waals surface area contributed by atoms with Gasteiger partial charge in [-0.15, -0.1) is 0 Å². The van der Waals surface area contributed by atoms with Crippen molar-refractivity contribution >= 4 is 5.69 Å². The molecule has 0 spiro atoms. The van der Waals surface area contributed by atoms with Crippen LogP contribution in [0.3, 0.4) is 0 Å². The molecule has 2 rings (SSSR count). The van der Waals surface area contributed by atoms with Gasteiger partial charge in [-0.1, -0.05) is 6.07 Å². The molecule has 0 aliphatic heterocycles. The number of hydrogen-bond donors (Lipinski definition) is 1. The van der Waals surface area contributed by atoms with Crippen molar-refractivity contribution < 1.29 is 9.66 Å². The molecule has 19 heavy (non-hydrogen) atoms.